The van der Waals surface area contributed by atoms with Crippen LogP contribution in [0, 0.1) is 0 Å². The Bertz CT molecular complexity index is 786. The van der Waals surface area contributed by atoms with Crippen molar-refractivity contribution in [3.8, 4) is 0 Å². The molecule has 25 heavy (non-hydrogen) atoms. The average molecular weight is 360 g/mol. The van der Waals surface area contributed by atoms with Crippen molar-refractivity contribution in [1.82, 2.24) is 4.90 Å². The first kappa shape index (κ1) is 18.6. The third kappa shape index (κ3) is 3.70. The number of nitrogens with zero attached hydrogens (tertiary/aromatic N) is 1. The van der Waals surface area contributed by atoms with Crippen molar-refractivity contribution in [3.63, 3.8) is 0 Å². The van der Waals surface area contributed by atoms with Crippen LogP contribution in [-0.4, -0.2) is 35.2 Å². The van der Waals surface area contributed by atoms with E-state index in [1.807, 2.05) is 0 Å². The van der Waals surface area contributed by atoms with Gasteiger partial charge in [-0.15, -0.1) is 12.4 Å². The van der Waals surface area contributed by atoms with Gasteiger partial charge in [0.2, 0.25) is 5.91 Å². The van der Waals surface area contributed by atoms with Crippen molar-refractivity contribution in [3.05, 3.63) is 70.8 Å². The summed E-state index contributed by atoms with van der Waals surface area (Å²) in [5.41, 5.74) is 13.5. The summed E-state index contributed by atoms with van der Waals surface area (Å²) in [7, 11) is 0. The summed E-state index contributed by atoms with van der Waals surface area (Å²) in [5, 5.41) is 0. The first-order chi connectivity index (χ1) is 11.5. The summed E-state index contributed by atoms with van der Waals surface area (Å²) < 4.78 is 0. The number of carbonyl (C=O) groups is 3. The van der Waals surface area contributed by atoms with Gasteiger partial charge in [0.15, 0.2) is 0 Å². The third-order valence-electron chi connectivity index (χ3n) is 4.03. The molecule has 0 bridgehead atoms. The van der Waals surface area contributed by atoms with Crippen molar-refractivity contribution in [1.29, 1.82) is 0 Å². The summed E-state index contributed by atoms with van der Waals surface area (Å²) in [6, 6.07) is 13.1. The molecule has 1 aliphatic heterocycles. The molecule has 1 aliphatic rings. The molecule has 1 atom stereocenters. The van der Waals surface area contributed by atoms with Crippen molar-refractivity contribution < 1.29 is 14.4 Å². The molecule has 3 rings (SSSR count). The fourth-order valence-corrected chi connectivity index (χ4v) is 2.81. The zero-order valence-electron chi connectivity index (χ0n) is 13.3. The highest BCUT2D eigenvalue weighted by Gasteiger charge is 2.35. The largest absolute Gasteiger partial charge is 0.366 e. The van der Waals surface area contributed by atoms with Crippen LogP contribution in [0.5, 0.6) is 0 Å². The molecular formula is C18H18ClN3O3. The summed E-state index contributed by atoms with van der Waals surface area (Å²) in [6.07, 6.45) is 0.479. The second-order valence-electron chi connectivity index (χ2n) is 5.79. The molecule has 0 spiro atoms. The van der Waals surface area contributed by atoms with E-state index in [4.69, 9.17) is 11.5 Å². The standard InChI is InChI=1S/C18H17N3O3.ClH/c19-13(9-11-5-7-12(8-6-11)16(20)22)10-21-17(23)14-3-1-2-4-15(14)18(21)24;/h1-8,13H,9-10,19H2,(H2,20,22);1H. The van der Waals surface area contributed by atoms with Gasteiger partial charge < -0.3 is 11.5 Å². The molecule has 0 saturated heterocycles. The van der Waals surface area contributed by atoms with Gasteiger partial charge in [-0.3, -0.25) is 19.3 Å². The molecule has 0 aliphatic carbocycles. The van der Waals surface area contributed by atoms with Crippen molar-refractivity contribution in [2.45, 2.75) is 12.5 Å². The molecule has 0 saturated carbocycles. The van der Waals surface area contributed by atoms with Crippen LogP contribution in [0.2, 0.25) is 0 Å². The Morgan fingerprint density at radius 3 is 1.96 bits per heavy atom. The number of amides is 3. The van der Waals surface area contributed by atoms with Gasteiger partial charge in [-0.25, -0.2) is 0 Å². The molecule has 3 amide bonds. The summed E-state index contributed by atoms with van der Waals surface area (Å²) in [6.45, 7) is 0.143. The first-order valence-corrected chi connectivity index (χ1v) is 7.57. The van der Waals surface area contributed by atoms with E-state index in [9.17, 15) is 14.4 Å². The van der Waals surface area contributed by atoms with Crippen molar-refractivity contribution in [2.24, 2.45) is 11.5 Å². The highest BCUT2D eigenvalue weighted by molar-refractivity contribution is 6.21. The molecule has 2 aromatic carbocycles. The molecule has 6 nitrogen and oxygen atoms in total. The van der Waals surface area contributed by atoms with Crippen LogP contribution in [0.3, 0.4) is 0 Å². The molecular weight excluding hydrogens is 342 g/mol. The lowest BCUT2D eigenvalue weighted by Crippen LogP contribution is -2.41. The SMILES string of the molecule is Cl.NC(=O)c1ccc(CC(N)CN2C(=O)c3ccccc3C2=O)cc1. The maximum Gasteiger partial charge on any atom is 0.261 e. The minimum absolute atomic E-state index is 0. The lowest BCUT2D eigenvalue weighted by molar-refractivity contribution is 0.0644. The number of benzene rings is 2. The average Bonchev–Trinajstić information content (AvgIpc) is 2.81. The first-order valence-electron chi connectivity index (χ1n) is 7.57. The molecule has 7 heteroatoms. The van der Waals surface area contributed by atoms with E-state index in [2.05, 4.69) is 0 Å². The van der Waals surface area contributed by atoms with Gasteiger partial charge in [-0.1, -0.05) is 24.3 Å². The zero-order valence-corrected chi connectivity index (χ0v) is 14.2. The highest BCUT2D eigenvalue weighted by Crippen LogP contribution is 2.22. The smallest absolute Gasteiger partial charge is 0.261 e. The molecule has 0 fully saturated rings. The minimum atomic E-state index is -0.489. The Morgan fingerprint density at radius 1 is 0.960 bits per heavy atom. The van der Waals surface area contributed by atoms with Crippen LogP contribution in [0.1, 0.15) is 36.6 Å². The number of fused-ring (bicyclic) bond motifs is 1. The number of primary amides is 1. The van der Waals surface area contributed by atoms with Gasteiger partial charge in [0.1, 0.15) is 0 Å². The Morgan fingerprint density at radius 2 is 1.48 bits per heavy atom. The Hall–Kier alpha value is -2.70. The minimum Gasteiger partial charge on any atom is -0.366 e. The number of nitrogens with two attached hydrogens (primary N) is 2. The van der Waals surface area contributed by atoms with Crippen LogP contribution >= 0.6 is 12.4 Å². The number of imide groups is 1. The number of halogens is 1. The molecule has 1 heterocycles. The topological polar surface area (TPSA) is 106 Å². The van der Waals surface area contributed by atoms with Gasteiger partial charge in [0.25, 0.3) is 11.8 Å². The van der Waals surface area contributed by atoms with Crippen LogP contribution in [-0.2, 0) is 6.42 Å². The molecule has 1 unspecified atom stereocenters. The molecule has 0 radical (unpaired) electrons. The van der Waals surface area contributed by atoms with E-state index in [1.165, 1.54) is 4.90 Å². The second kappa shape index (κ2) is 7.46. The third-order valence-corrected chi connectivity index (χ3v) is 4.03. The van der Waals surface area contributed by atoms with E-state index in [0.29, 0.717) is 23.1 Å². The monoisotopic (exact) mass is 359 g/mol. The van der Waals surface area contributed by atoms with Crippen LogP contribution in [0.15, 0.2) is 48.5 Å². The van der Waals surface area contributed by atoms with Gasteiger partial charge in [0.05, 0.1) is 11.1 Å². The normalized spacial score (nSPS) is 14.0. The molecule has 4 N–H and O–H groups in total. The predicted molar refractivity (Wildman–Crippen MR) is 95.7 cm³/mol. The summed E-state index contributed by atoms with van der Waals surface area (Å²) >= 11 is 0. The number of carbonyl (C=O) groups excluding carboxylic acids is 3. The summed E-state index contributed by atoms with van der Waals surface area (Å²) in [5.74, 6) is -1.11. The quantitative estimate of drug-likeness (QED) is 0.786. The highest BCUT2D eigenvalue weighted by atomic mass is 35.5. The van der Waals surface area contributed by atoms with Crippen molar-refractivity contribution in [2.75, 3.05) is 6.54 Å². The van der Waals surface area contributed by atoms with E-state index >= 15 is 0 Å². The van der Waals surface area contributed by atoms with Crippen molar-refractivity contribution >= 4 is 30.1 Å². The van der Waals surface area contributed by atoms with Gasteiger partial charge in [-0.05, 0) is 36.2 Å². The molecule has 2 aromatic rings. The van der Waals surface area contributed by atoms with Gasteiger partial charge in [-0.2, -0.15) is 0 Å². The van der Waals surface area contributed by atoms with Crippen LogP contribution in [0.25, 0.3) is 0 Å². The molecule has 0 aromatic heterocycles. The number of hydrogen-bond acceptors (Lipinski definition) is 4. The van der Waals surface area contributed by atoms with Gasteiger partial charge >= 0.3 is 0 Å². The number of hydrogen-bond donors (Lipinski definition) is 2. The van der Waals surface area contributed by atoms with E-state index in [-0.39, 0.29) is 30.8 Å². The Balaban J connectivity index is 0.00000225. The fraction of sp³-hybridized carbons (Fsp3) is 0.167. The number of rotatable bonds is 5. The summed E-state index contributed by atoms with van der Waals surface area (Å²) in [4.78, 5) is 36.9. The maximum atomic E-state index is 12.3. The second-order valence-corrected chi connectivity index (χ2v) is 5.79. The lowest BCUT2D eigenvalue weighted by Gasteiger charge is -2.19. The van der Waals surface area contributed by atoms with E-state index in [0.717, 1.165) is 5.56 Å². The Kier molecular flexibility index (Phi) is 5.56. The lowest BCUT2D eigenvalue weighted by atomic mass is 10.0. The van der Waals surface area contributed by atoms with Gasteiger partial charge in [0, 0.05) is 18.2 Å². The van der Waals surface area contributed by atoms with E-state index in [1.54, 1.807) is 48.5 Å². The van der Waals surface area contributed by atoms with Crippen LogP contribution in [0.4, 0.5) is 0 Å². The zero-order chi connectivity index (χ0) is 17.3. The van der Waals surface area contributed by atoms with E-state index < -0.39 is 11.9 Å². The molecule has 130 valence electrons. The predicted octanol–water partition coefficient (Wildman–Crippen LogP) is 1.37. The fourth-order valence-electron chi connectivity index (χ4n) is 2.81. The maximum absolute atomic E-state index is 12.3. The Labute approximate surface area is 151 Å². The van der Waals surface area contributed by atoms with Crippen LogP contribution < -0.4 is 11.5 Å².